The molecule has 0 radical (unpaired) electrons. The van der Waals surface area contributed by atoms with Crippen molar-refractivity contribution in [1.82, 2.24) is 19.7 Å². The molecule has 192 valence electrons. The number of carbonyl (C=O) groups is 2. The summed E-state index contributed by atoms with van der Waals surface area (Å²) in [6.07, 6.45) is 1.05. The molecule has 1 aromatic heterocycles. The highest BCUT2D eigenvalue weighted by molar-refractivity contribution is 5.97. The summed E-state index contributed by atoms with van der Waals surface area (Å²) >= 11 is 0. The number of carbonyl (C=O) groups excluding carboxylic acids is 2. The van der Waals surface area contributed by atoms with Gasteiger partial charge in [-0.05, 0) is 45.3 Å². The van der Waals surface area contributed by atoms with Crippen LogP contribution in [0.4, 0.5) is 4.39 Å². The van der Waals surface area contributed by atoms with Crippen molar-refractivity contribution in [1.29, 1.82) is 0 Å². The molecular formula is C27H33FN4O4. The Morgan fingerprint density at radius 3 is 2.75 bits per heavy atom. The fourth-order valence-corrected chi connectivity index (χ4v) is 3.88. The molecule has 1 aliphatic rings. The molecule has 0 aliphatic carbocycles. The minimum Gasteiger partial charge on any atom is -0.472 e. The Morgan fingerprint density at radius 1 is 1.33 bits per heavy atom. The third-order valence-corrected chi connectivity index (χ3v) is 6.02. The van der Waals surface area contributed by atoms with Crippen LogP contribution in [-0.2, 0) is 0 Å². The second-order valence-corrected chi connectivity index (χ2v) is 9.43. The molecule has 0 saturated carbocycles. The first kappa shape index (κ1) is 27.1. The average Bonchev–Trinajstić information content (AvgIpc) is 2.85. The topological polar surface area (TPSA) is 86.2 Å². The Labute approximate surface area is 211 Å². The van der Waals surface area contributed by atoms with E-state index in [1.807, 2.05) is 25.9 Å². The van der Waals surface area contributed by atoms with Gasteiger partial charge >= 0.3 is 0 Å². The van der Waals surface area contributed by atoms with Crippen molar-refractivity contribution in [2.24, 2.45) is 5.92 Å². The fourth-order valence-electron chi connectivity index (χ4n) is 3.88. The molecule has 3 atom stereocenters. The lowest BCUT2D eigenvalue weighted by Crippen LogP contribution is -2.50. The molecule has 1 aromatic carbocycles. The number of pyridine rings is 1. The Bertz CT molecular complexity index is 1160. The van der Waals surface area contributed by atoms with E-state index in [2.05, 4.69) is 16.8 Å². The van der Waals surface area contributed by atoms with E-state index in [1.54, 1.807) is 37.2 Å². The van der Waals surface area contributed by atoms with Crippen molar-refractivity contribution in [2.75, 3.05) is 47.4 Å². The van der Waals surface area contributed by atoms with Crippen molar-refractivity contribution in [3.63, 3.8) is 0 Å². The number of hydrogen-bond acceptors (Lipinski definition) is 6. The summed E-state index contributed by atoms with van der Waals surface area (Å²) in [5, 5.41) is 9.81. The number of benzene rings is 1. The number of halogens is 1. The lowest BCUT2D eigenvalue weighted by molar-refractivity contribution is 0.0313. The number of ether oxygens (including phenoxy) is 1. The van der Waals surface area contributed by atoms with Crippen LogP contribution in [0.2, 0.25) is 0 Å². The highest BCUT2D eigenvalue weighted by atomic mass is 19.1. The summed E-state index contributed by atoms with van der Waals surface area (Å²) in [7, 11) is 5.45. The average molecular weight is 497 g/mol. The van der Waals surface area contributed by atoms with E-state index in [0.29, 0.717) is 18.7 Å². The minimum atomic E-state index is -0.508. The molecule has 2 aromatic rings. The van der Waals surface area contributed by atoms with Gasteiger partial charge < -0.3 is 19.6 Å². The van der Waals surface area contributed by atoms with E-state index in [0.717, 1.165) is 0 Å². The maximum atomic E-state index is 13.6. The molecule has 2 heterocycles. The minimum absolute atomic E-state index is 0.149. The van der Waals surface area contributed by atoms with E-state index in [9.17, 15) is 19.1 Å². The number of nitrogens with zero attached hydrogens (tertiary/aromatic N) is 4. The zero-order valence-electron chi connectivity index (χ0n) is 21.4. The van der Waals surface area contributed by atoms with Crippen LogP contribution in [0.15, 0.2) is 36.5 Å². The van der Waals surface area contributed by atoms with Gasteiger partial charge in [0.2, 0.25) is 5.88 Å². The smallest absolute Gasteiger partial charge is 0.259 e. The number of likely N-dealkylation sites (N-methyl/N-ethyl adjacent to an activating group) is 1. The van der Waals surface area contributed by atoms with Crippen LogP contribution in [0.5, 0.6) is 5.88 Å². The van der Waals surface area contributed by atoms with Crippen LogP contribution < -0.4 is 4.74 Å². The highest BCUT2D eigenvalue weighted by Gasteiger charge is 2.34. The van der Waals surface area contributed by atoms with Gasteiger partial charge in [0.1, 0.15) is 17.5 Å². The van der Waals surface area contributed by atoms with Crippen molar-refractivity contribution in [3.05, 3.63) is 59.0 Å². The molecule has 8 nitrogen and oxygen atoms in total. The zero-order chi connectivity index (χ0) is 26.4. The van der Waals surface area contributed by atoms with Crippen LogP contribution in [0.3, 0.4) is 0 Å². The SMILES string of the molecule is C[C@@H]1CN([C@@H](C)CO)C(=O)c2cc(C#CCN(C)C)cnc2O[C@@H]1CN(C)C(=O)c1cccc(F)c1. The van der Waals surface area contributed by atoms with Crippen molar-refractivity contribution < 1.29 is 23.8 Å². The Kier molecular flexibility index (Phi) is 9.02. The van der Waals surface area contributed by atoms with E-state index in [-0.39, 0.29) is 47.9 Å². The number of hydrogen-bond donors (Lipinski definition) is 1. The second kappa shape index (κ2) is 12.0. The lowest BCUT2D eigenvalue weighted by Gasteiger charge is -2.37. The number of fused-ring (bicyclic) bond motifs is 1. The Hall–Kier alpha value is -3.48. The van der Waals surface area contributed by atoms with Gasteiger partial charge in [-0.25, -0.2) is 9.37 Å². The van der Waals surface area contributed by atoms with Crippen molar-refractivity contribution in [3.8, 4) is 17.7 Å². The molecule has 1 aliphatic heterocycles. The van der Waals surface area contributed by atoms with Gasteiger partial charge in [-0.3, -0.25) is 14.5 Å². The largest absolute Gasteiger partial charge is 0.472 e. The van der Waals surface area contributed by atoms with Gasteiger partial charge in [0.05, 0.1) is 25.7 Å². The summed E-state index contributed by atoms with van der Waals surface area (Å²) in [5.41, 5.74) is 1.07. The second-order valence-electron chi connectivity index (χ2n) is 9.43. The van der Waals surface area contributed by atoms with Gasteiger partial charge in [-0.2, -0.15) is 0 Å². The van der Waals surface area contributed by atoms with E-state index >= 15 is 0 Å². The van der Waals surface area contributed by atoms with E-state index in [4.69, 9.17) is 4.74 Å². The maximum Gasteiger partial charge on any atom is 0.259 e. The van der Waals surface area contributed by atoms with Gasteiger partial charge in [0.25, 0.3) is 11.8 Å². The Morgan fingerprint density at radius 2 is 2.08 bits per heavy atom. The molecule has 0 fully saturated rings. The first-order valence-corrected chi connectivity index (χ1v) is 11.8. The molecule has 1 N–H and O–H groups in total. The van der Waals surface area contributed by atoms with Crippen LogP contribution in [0, 0.1) is 23.6 Å². The third-order valence-electron chi connectivity index (χ3n) is 6.02. The molecule has 9 heteroatoms. The summed E-state index contributed by atoms with van der Waals surface area (Å²) in [6, 6.07) is 6.75. The van der Waals surface area contributed by atoms with Gasteiger partial charge in [0.15, 0.2) is 0 Å². The van der Waals surface area contributed by atoms with E-state index < -0.39 is 18.0 Å². The number of rotatable bonds is 6. The summed E-state index contributed by atoms with van der Waals surface area (Å²) in [6.45, 7) is 4.55. The van der Waals surface area contributed by atoms with Crippen molar-refractivity contribution >= 4 is 11.8 Å². The van der Waals surface area contributed by atoms with Crippen LogP contribution >= 0.6 is 0 Å². The molecular weight excluding hydrogens is 463 g/mol. The predicted octanol–water partition coefficient (Wildman–Crippen LogP) is 2.13. The predicted molar refractivity (Wildman–Crippen MR) is 134 cm³/mol. The van der Waals surface area contributed by atoms with Crippen molar-refractivity contribution in [2.45, 2.75) is 26.0 Å². The quantitative estimate of drug-likeness (QED) is 0.617. The first-order chi connectivity index (χ1) is 17.1. The van der Waals surface area contributed by atoms with Crippen LogP contribution in [0.1, 0.15) is 40.1 Å². The third kappa shape index (κ3) is 6.59. The number of aromatic nitrogens is 1. The number of aliphatic hydroxyl groups excluding tert-OH is 1. The molecule has 3 rings (SSSR count). The molecule has 0 saturated heterocycles. The molecule has 0 bridgehead atoms. The van der Waals surface area contributed by atoms with Crippen LogP contribution in [0.25, 0.3) is 0 Å². The fraction of sp³-hybridized carbons (Fsp3) is 0.444. The van der Waals surface area contributed by atoms with Gasteiger partial charge in [-0.1, -0.05) is 24.8 Å². The number of aliphatic hydroxyl groups is 1. The lowest BCUT2D eigenvalue weighted by atomic mass is 9.99. The highest BCUT2D eigenvalue weighted by Crippen LogP contribution is 2.27. The summed E-state index contributed by atoms with van der Waals surface area (Å²) < 4.78 is 19.9. The molecule has 2 amide bonds. The molecule has 36 heavy (non-hydrogen) atoms. The van der Waals surface area contributed by atoms with Gasteiger partial charge in [0, 0.05) is 36.8 Å². The molecule has 0 spiro atoms. The standard InChI is InChI=1S/C27H33FN4O4/c1-18-15-32(19(2)17-33)27(35)23-12-20(8-7-11-30(3)4)14-29-25(23)36-24(18)16-31(5)26(34)21-9-6-10-22(28)13-21/h6,9-10,12-14,18-19,24,33H,11,15-17H2,1-5H3/t18-,19+,24-/m1/s1. The maximum absolute atomic E-state index is 13.6. The summed E-state index contributed by atoms with van der Waals surface area (Å²) in [5.74, 6) is 4.87. The summed E-state index contributed by atoms with van der Waals surface area (Å²) in [4.78, 5) is 35.8. The normalized spacial score (nSPS) is 18.3. The number of amides is 2. The van der Waals surface area contributed by atoms with Gasteiger partial charge in [-0.15, -0.1) is 0 Å². The monoisotopic (exact) mass is 496 g/mol. The van der Waals surface area contributed by atoms with Crippen LogP contribution in [-0.4, -0.2) is 96.1 Å². The zero-order valence-corrected chi connectivity index (χ0v) is 21.4. The Balaban J connectivity index is 1.93. The molecule has 0 unspecified atom stereocenters. The first-order valence-electron chi connectivity index (χ1n) is 11.8. The van der Waals surface area contributed by atoms with E-state index in [1.165, 1.54) is 23.1 Å².